The molecule has 3 aromatic rings. The lowest BCUT2D eigenvalue weighted by molar-refractivity contribution is -0.122. The van der Waals surface area contributed by atoms with Gasteiger partial charge in [-0.15, -0.1) is 0 Å². The van der Waals surface area contributed by atoms with Crippen molar-refractivity contribution in [3.05, 3.63) is 89.7 Å². The number of nitrogens with one attached hydrogen (secondary N) is 1. The maximum absolute atomic E-state index is 13.1. The summed E-state index contributed by atoms with van der Waals surface area (Å²) < 4.78 is 45.5. The van der Waals surface area contributed by atoms with E-state index in [0.717, 1.165) is 12.8 Å². The molecule has 9 heteroatoms. The molecule has 1 aliphatic heterocycles. The number of ether oxygens (including phenoxy) is 1. The number of ketones is 1. The monoisotopic (exact) mass is 496 g/mol. The molecule has 1 N–H and O–H groups in total. The maximum Gasteiger partial charge on any atom is 0.265 e. The van der Waals surface area contributed by atoms with Crippen molar-refractivity contribution < 1.29 is 27.1 Å². The smallest absolute Gasteiger partial charge is 0.265 e. The molecule has 7 nitrogen and oxygen atoms in total. The zero-order chi connectivity index (χ0) is 25.0. The van der Waals surface area contributed by atoms with Crippen molar-refractivity contribution in [1.29, 1.82) is 0 Å². The first-order valence-corrected chi connectivity index (χ1v) is 12.7. The Kier molecular flexibility index (Phi) is 7.28. The number of amides is 1. The van der Waals surface area contributed by atoms with Crippen molar-refractivity contribution >= 4 is 27.4 Å². The quantitative estimate of drug-likeness (QED) is 0.471. The number of sulfonamides is 1. The fourth-order valence-electron chi connectivity index (χ4n) is 3.74. The molecule has 4 rings (SSSR count). The summed E-state index contributed by atoms with van der Waals surface area (Å²) in [6.07, 6.45) is 0.874. The summed E-state index contributed by atoms with van der Waals surface area (Å²) >= 11 is 0. The average molecular weight is 497 g/mol. The van der Waals surface area contributed by atoms with Crippen LogP contribution in [0.25, 0.3) is 0 Å². The van der Waals surface area contributed by atoms with Crippen LogP contribution in [-0.4, -0.2) is 43.6 Å². The third-order valence-corrected chi connectivity index (χ3v) is 7.64. The second-order valence-electron chi connectivity index (χ2n) is 8.25. The van der Waals surface area contributed by atoms with Crippen molar-refractivity contribution in [2.24, 2.45) is 0 Å². The van der Waals surface area contributed by atoms with E-state index in [1.54, 1.807) is 43.3 Å². The lowest BCUT2D eigenvalue weighted by Crippen LogP contribution is -2.30. The van der Waals surface area contributed by atoms with Gasteiger partial charge in [0.25, 0.3) is 5.91 Å². The summed E-state index contributed by atoms with van der Waals surface area (Å²) in [4.78, 5) is 25.2. The number of nitrogens with zero attached hydrogens (tertiary/aromatic N) is 1. The van der Waals surface area contributed by atoms with Crippen LogP contribution in [0.1, 0.15) is 35.7 Å². The van der Waals surface area contributed by atoms with E-state index in [1.807, 2.05) is 0 Å². The van der Waals surface area contributed by atoms with Gasteiger partial charge in [-0.3, -0.25) is 9.59 Å². The average Bonchev–Trinajstić information content (AvgIpc) is 3.41. The van der Waals surface area contributed by atoms with Crippen molar-refractivity contribution in [2.45, 2.75) is 30.8 Å². The van der Waals surface area contributed by atoms with Crippen molar-refractivity contribution in [3.8, 4) is 5.75 Å². The van der Waals surface area contributed by atoms with E-state index in [1.165, 1.54) is 40.7 Å². The van der Waals surface area contributed by atoms with Crippen LogP contribution in [0.3, 0.4) is 0 Å². The first kappa shape index (κ1) is 24.6. The summed E-state index contributed by atoms with van der Waals surface area (Å²) in [5.74, 6) is -0.680. The van der Waals surface area contributed by atoms with Gasteiger partial charge in [0.05, 0.1) is 4.90 Å². The minimum Gasteiger partial charge on any atom is -0.481 e. The molecule has 0 aliphatic carbocycles. The van der Waals surface area contributed by atoms with Crippen LogP contribution in [0, 0.1) is 5.82 Å². The van der Waals surface area contributed by atoms with Gasteiger partial charge < -0.3 is 10.1 Å². The SMILES string of the molecule is CC(Oc1ccc(C(=O)c2ccc(F)cc2)cc1)C(=O)Nc1ccc(S(=O)(=O)N2CCCC2)cc1. The van der Waals surface area contributed by atoms with E-state index in [-0.39, 0.29) is 10.7 Å². The van der Waals surface area contributed by atoms with Crippen LogP contribution in [0.4, 0.5) is 10.1 Å². The maximum atomic E-state index is 13.1. The van der Waals surface area contributed by atoms with Crippen molar-refractivity contribution in [3.63, 3.8) is 0 Å². The number of carbonyl (C=O) groups excluding carboxylic acids is 2. The topological polar surface area (TPSA) is 92.8 Å². The van der Waals surface area contributed by atoms with Gasteiger partial charge in [-0.2, -0.15) is 4.31 Å². The highest BCUT2D eigenvalue weighted by atomic mass is 32.2. The van der Waals surface area contributed by atoms with Crippen LogP contribution >= 0.6 is 0 Å². The molecule has 0 radical (unpaired) electrons. The zero-order valence-corrected chi connectivity index (χ0v) is 19.9. The highest BCUT2D eigenvalue weighted by molar-refractivity contribution is 7.89. The van der Waals surface area contributed by atoms with Crippen LogP contribution < -0.4 is 10.1 Å². The molecule has 182 valence electrons. The number of benzene rings is 3. The summed E-state index contributed by atoms with van der Waals surface area (Å²) in [7, 11) is -3.52. The molecule has 1 fully saturated rings. The van der Waals surface area contributed by atoms with Crippen LogP contribution in [-0.2, 0) is 14.8 Å². The molecule has 1 amide bonds. The molecular formula is C26H25FN2O5S. The van der Waals surface area contributed by atoms with Crippen molar-refractivity contribution in [2.75, 3.05) is 18.4 Å². The fourth-order valence-corrected chi connectivity index (χ4v) is 5.26. The normalized spacial score (nSPS) is 14.9. The van der Waals surface area contributed by atoms with Gasteiger partial charge in [-0.05, 0) is 92.6 Å². The summed E-state index contributed by atoms with van der Waals surface area (Å²) in [6.45, 7) is 2.63. The summed E-state index contributed by atoms with van der Waals surface area (Å²) in [5.41, 5.74) is 1.23. The lowest BCUT2D eigenvalue weighted by atomic mass is 10.0. The molecule has 3 aromatic carbocycles. The molecule has 0 saturated carbocycles. The van der Waals surface area contributed by atoms with E-state index in [4.69, 9.17) is 4.74 Å². The third-order valence-electron chi connectivity index (χ3n) is 5.73. The van der Waals surface area contributed by atoms with Crippen LogP contribution in [0.15, 0.2) is 77.7 Å². The number of carbonyl (C=O) groups is 2. The predicted molar refractivity (Wildman–Crippen MR) is 129 cm³/mol. The molecule has 1 unspecified atom stereocenters. The van der Waals surface area contributed by atoms with Gasteiger partial charge in [0.2, 0.25) is 10.0 Å². The molecule has 0 bridgehead atoms. The molecular weight excluding hydrogens is 471 g/mol. The molecule has 1 saturated heterocycles. The van der Waals surface area contributed by atoms with Gasteiger partial charge in [0.1, 0.15) is 11.6 Å². The first-order valence-electron chi connectivity index (χ1n) is 11.2. The van der Waals surface area contributed by atoms with Gasteiger partial charge in [-0.1, -0.05) is 0 Å². The highest BCUT2D eigenvalue weighted by Gasteiger charge is 2.27. The van der Waals surface area contributed by atoms with E-state index in [0.29, 0.717) is 35.7 Å². The van der Waals surface area contributed by atoms with Crippen molar-refractivity contribution in [1.82, 2.24) is 4.31 Å². The Hall–Kier alpha value is -3.56. The van der Waals surface area contributed by atoms with E-state index >= 15 is 0 Å². The zero-order valence-electron chi connectivity index (χ0n) is 19.1. The minimum absolute atomic E-state index is 0.192. The number of anilines is 1. The molecule has 0 aromatic heterocycles. The van der Waals surface area contributed by atoms with E-state index < -0.39 is 27.9 Å². The Morgan fingerprint density at radius 1 is 0.886 bits per heavy atom. The Morgan fingerprint density at radius 2 is 1.43 bits per heavy atom. The summed E-state index contributed by atoms with van der Waals surface area (Å²) in [6, 6.07) is 17.7. The summed E-state index contributed by atoms with van der Waals surface area (Å²) in [5, 5.41) is 2.71. The third kappa shape index (κ3) is 5.75. The minimum atomic E-state index is -3.52. The van der Waals surface area contributed by atoms with Crippen LogP contribution in [0.5, 0.6) is 5.75 Å². The molecule has 1 heterocycles. The number of hydrogen-bond donors (Lipinski definition) is 1. The Balaban J connectivity index is 1.34. The molecule has 35 heavy (non-hydrogen) atoms. The van der Waals surface area contributed by atoms with Gasteiger partial charge in [0.15, 0.2) is 11.9 Å². The van der Waals surface area contributed by atoms with Gasteiger partial charge in [-0.25, -0.2) is 12.8 Å². The fraction of sp³-hybridized carbons (Fsp3) is 0.231. The largest absolute Gasteiger partial charge is 0.481 e. The number of hydrogen-bond acceptors (Lipinski definition) is 5. The highest BCUT2D eigenvalue weighted by Crippen LogP contribution is 2.23. The van der Waals surface area contributed by atoms with Gasteiger partial charge in [0, 0.05) is 29.9 Å². The van der Waals surface area contributed by atoms with Gasteiger partial charge >= 0.3 is 0 Å². The molecule has 1 aliphatic rings. The number of rotatable bonds is 8. The van der Waals surface area contributed by atoms with E-state index in [9.17, 15) is 22.4 Å². The second kappa shape index (κ2) is 10.4. The number of halogens is 1. The first-order chi connectivity index (χ1) is 16.7. The lowest BCUT2D eigenvalue weighted by Gasteiger charge is -2.17. The Bertz CT molecular complexity index is 1300. The van der Waals surface area contributed by atoms with E-state index in [2.05, 4.69) is 5.32 Å². The predicted octanol–water partition coefficient (Wildman–Crippen LogP) is 4.25. The second-order valence-corrected chi connectivity index (χ2v) is 10.2. The standard InChI is InChI=1S/C26H25FN2O5S/c1-18(34-23-12-6-20(7-13-23)25(30)19-4-8-21(27)9-5-19)26(31)28-22-10-14-24(15-11-22)35(32,33)29-16-2-3-17-29/h4-15,18H,2-3,16-17H2,1H3,(H,28,31). The van der Waals surface area contributed by atoms with Crippen LogP contribution in [0.2, 0.25) is 0 Å². The molecule has 0 spiro atoms. The Labute approximate surface area is 203 Å². The Morgan fingerprint density at radius 3 is 2.00 bits per heavy atom. The molecule has 1 atom stereocenters.